The zero-order valence-electron chi connectivity index (χ0n) is 17.9. The monoisotopic (exact) mass is 535 g/mol. The molecule has 9 heteroatoms. The largest absolute Gasteiger partial charge is 0.444 e. The highest BCUT2D eigenvalue weighted by Crippen LogP contribution is 2.23. The number of halogens is 1. The van der Waals surface area contributed by atoms with Crippen molar-refractivity contribution in [3.63, 3.8) is 0 Å². The lowest BCUT2D eigenvalue weighted by Crippen LogP contribution is -2.46. The minimum atomic E-state index is -0.474. The molecule has 1 amide bonds. The molecule has 3 rings (SSSR count). The van der Waals surface area contributed by atoms with Gasteiger partial charge in [0, 0.05) is 51.2 Å². The zero-order valence-corrected chi connectivity index (χ0v) is 21.0. The Balaban J connectivity index is 0.00000300. The van der Waals surface area contributed by atoms with E-state index in [0.717, 1.165) is 58.1 Å². The Bertz CT molecular complexity index is 703. The van der Waals surface area contributed by atoms with E-state index >= 15 is 0 Å². The molecule has 0 spiro atoms. The summed E-state index contributed by atoms with van der Waals surface area (Å²) in [5, 5.41) is 8.65. The number of hydrogen-bond acceptors (Lipinski definition) is 5. The van der Waals surface area contributed by atoms with Crippen LogP contribution in [-0.4, -0.2) is 73.3 Å². The summed E-state index contributed by atoms with van der Waals surface area (Å²) in [4.78, 5) is 22.6. The number of nitrogens with one attached hydrogen (secondary N) is 2. The molecule has 1 aromatic heterocycles. The molecule has 0 radical (unpaired) electrons. The van der Waals surface area contributed by atoms with Crippen molar-refractivity contribution in [3.8, 4) is 0 Å². The van der Waals surface area contributed by atoms with Gasteiger partial charge in [-0.25, -0.2) is 4.79 Å². The van der Waals surface area contributed by atoms with Gasteiger partial charge < -0.3 is 20.3 Å². The van der Waals surface area contributed by atoms with E-state index in [0.29, 0.717) is 0 Å². The van der Waals surface area contributed by atoms with Crippen molar-refractivity contribution in [2.75, 3.05) is 39.8 Å². The van der Waals surface area contributed by atoms with Crippen LogP contribution in [0.15, 0.2) is 16.4 Å². The zero-order chi connectivity index (χ0) is 20.1. The Morgan fingerprint density at radius 2 is 2.17 bits per heavy atom. The first-order valence-corrected chi connectivity index (χ1v) is 10.9. The van der Waals surface area contributed by atoms with Crippen molar-refractivity contribution >= 4 is 47.4 Å². The molecule has 0 saturated carbocycles. The number of carbonyl (C=O) groups excluding carboxylic acids is 1. The normalized spacial score (nSPS) is 20.1. The molecular formula is C20H34IN5O2S. The lowest BCUT2D eigenvalue weighted by atomic mass is 10.1. The summed E-state index contributed by atoms with van der Waals surface area (Å²) in [6, 6.07) is 2.34. The second-order valence-electron chi connectivity index (χ2n) is 8.45. The Hall–Kier alpha value is -1.07. The minimum absolute atomic E-state index is 0. The predicted octanol–water partition coefficient (Wildman–Crippen LogP) is 2.90. The number of guanidine groups is 1. The van der Waals surface area contributed by atoms with Gasteiger partial charge in [0.05, 0.1) is 6.04 Å². The van der Waals surface area contributed by atoms with Crippen molar-refractivity contribution < 1.29 is 9.53 Å². The molecular weight excluding hydrogens is 501 g/mol. The molecule has 164 valence electrons. The van der Waals surface area contributed by atoms with Crippen molar-refractivity contribution in [1.82, 2.24) is 20.4 Å². The van der Waals surface area contributed by atoms with E-state index in [1.807, 2.05) is 39.2 Å². The highest BCUT2D eigenvalue weighted by atomic mass is 127. The SMILES string of the molecule is CN=C(NCCN1CCc2sccc2C1)N1CCC(NC(=O)OC(C)(C)C)C1.I. The fraction of sp³-hybridized carbons (Fsp3) is 0.700. The van der Waals surface area contributed by atoms with E-state index in [1.54, 1.807) is 4.88 Å². The average Bonchev–Trinajstić information content (AvgIpc) is 3.25. The highest BCUT2D eigenvalue weighted by Gasteiger charge is 2.28. The first kappa shape index (κ1) is 24.2. The number of carbonyl (C=O) groups is 1. The summed E-state index contributed by atoms with van der Waals surface area (Å²) in [7, 11) is 1.81. The third kappa shape index (κ3) is 7.29. The van der Waals surface area contributed by atoms with E-state index in [9.17, 15) is 4.79 Å². The van der Waals surface area contributed by atoms with E-state index in [4.69, 9.17) is 4.74 Å². The van der Waals surface area contributed by atoms with E-state index in [1.165, 1.54) is 5.56 Å². The lowest BCUT2D eigenvalue weighted by molar-refractivity contribution is 0.0507. The van der Waals surface area contributed by atoms with E-state index in [-0.39, 0.29) is 36.1 Å². The summed E-state index contributed by atoms with van der Waals surface area (Å²) >= 11 is 1.88. The topological polar surface area (TPSA) is 69.2 Å². The number of hydrogen-bond donors (Lipinski definition) is 2. The van der Waals surface area contributed by atoms with Crippen LogP contribution in [-0.2, 0) is 17.7 Å². The highest BCUT2D eigenvalue weighted by molar-refractivity contribution is 14.0. The van der Waals surface area contributed by atoms with Gasteiger partial charge in [-0.05, 0) is 50.6 Å². The maximum atomic E-state index is 12.0. The summed E-state index contributed by atoms with van der Waals surface area (Å²) < 4.78 is 5.35. The van der Waals surface area contributed by atoms with E-state index in [2.05, 4.69) is 36.9 Å². The van der Waals surface area contributed by atoms with Gasteiger partial charge in [-0.15, -0.1) is 35.3 Å². The van der Waals surface area contributed by atoms with Crippen LogP contribution >= 0.6 is 35.3 Å². The van der Waals surface area contributed by atoms with Crippen molar-refractivity contribution in [3.05, 3.63) is 21.9 Å². The molecule has 1 aromatic rings. The molecule has 1 fully saturated rings. The molecule has 3 heterocycles. The van der Waals surface area contributed by atoms with Crippen molar-refractivity contribution in [2.45, 2.75) is 51.8 Å². The molecule has 0 aliphatic carbocycles. The quantitative estimate of drug-likeness (QED) is 0.353. The number of rotatable bonds is 4. The summed E-state index contributed by atoms with van der Waals surface area (Å²) in [5.41, 5.74) is 1.01. The summed E-state index contributed by atoms with van der Waals surface area (Å²) in [6.07, 6.45) is 1.71. The van der Waals surface area contributed by atoms with Crippen LogP contribution in [0.1, 0.15) is 37.6 Å². The number of alkyl carbamates (subject to hydrolysis) is 1. The fourth-order valence-electron chi connectivity index (χ4n) is 3.70. The average molecular weight is 535 g/mol. The maximum absolute atomic E-state index is 12.0. The van der Waals surface area contributed by atoms with Gasteiger partial charge in [0.2, 0.25) is 0 Å². The fourth-order valence-corrected chi connectivity index (χ4v) is 4.59. The molecule has 0 bridgehead atoms. The first-order valence-electron chi connectivity index (χ1n) is 10.1. The van der Waals surface area contributed by atoms with Crippen molar-refractivity contribution in [2.24, 2.45) is 4.99 Å². The number of aliphatic imine (C=N–C) groups is 1. The Labute approximate surface area is 195 Å². The van der Waals surface area contributed by atoms with Gasteiger partial charge in [0.15, 0.2) is 5.96 Å². The van der Waals surface area contributed by atoms with Gasteiger partial charge in [0.25, 0.3) is 0 Å². The van der Waals surface area contributed by atoms with Gasteiger partial charge in [-0.3, -0.25) is 9.89 Å². The second kappa shape index (κ2) is 10.8. The van der Waals surface area contributed by atoms with Crippen molar-refractivity contribution in [1.29, 1.82) is 0 Å². The molecule has 29 heavy (non-hydrogen) atoms. The summed E-state index contributed by atoms with van der Waals surface area (Å²) in [6.45, 7) is 11.3. The first-order chi connectivity index (χ1) is 13.3. The summed E-state index contributed by atoms with van der Waals surface area (Å²) in [5.74, 6) is 0.904. The second-order valence-corrected chi connectivity index (χ2v) is 9.45. The molecule has 1 atom stereocenters. The Kier molecular flexibility index (Phi) is 9.02. The van der Waals surface area contributed by atoms with Crippen LogP contribution in [0.5, 0.6) is 0 Å². The molecule has 1 unspecified atom stereocenters. The Morgan fingerprint density at radius 3 is 2.90 bits per heavy atom. The number of fused-ring (bicyclic) bond motifs is 1. The van der Waals surface area contributed by atoms with Crippen LogP contribution in [0, 0.1) is 0 Å². The van der Waals surface area contributed by atoms with E-state index < -0.39 is 5.60 Å². The Morgan fingerprint density at radius 1 is 1.38 bits per heavy atom. The molecule has 2 aliphatic rings. The maximum Gasteiger partial charge on any atom is 0.407 e. The van der Waals surface area contributed by atoms with Crippen LogP contribution in [0.4, 0.5) is 4.79 Å². The lowest BCUT2D eigenvalue weighted by Gasteiger charge is -2.28. The van der Waals surface area contributed by atoms with Gasteiger partial charge in [-0.1, -0.05) is 0 Å². The van der Waals surface area contributed by atoms with Crippen LogP contribution < -0.4 is 10.6 Å². The number of nitrogens with zero attached hydrogens (tertiary/aromatic N) is 3. The number of likely N-dealkylation sites (tertiary alicyclic amines) is 1. The van der Waals surface area contributed by atoms with Gasteiger partial charge in [-0.2, -0.15) is 0 Å². The molecule has 0 aromatic carbocycles. The standard InChI is InChI=1S/C20H33N5O2S.HI/c1-20(2,3)27-19(26)23-16-5-10-25(14-16)18(21-4)22-8-11-24-9-6-17-15(13-24)7-12-28-17;/h7,12,16H,5-6,8-11,13-14H2,1-4H3,(H,21,22)(H,23,26);1H. The smallest absolute Gasteiger partial charge is 0.407 e. The molecule has 2 aliphatic heterocycles. The minimum Gasteiger partial charge on any atom is -0.444 e. The van der Waals surface area contributed by atoms with Gasteiger partial charge >= 0.3 is 6.09 Å². The predicted molar refractivity (Wildman–Crippen MR) is 129 cm³/mol. The van der Waals surface area contributed by atoms with Crippen LogP contribution in [0.25, 0.3) is 0 Å². The molecule has 7 nitrogen and oxygen atoms in total. The number of amides is 1. The third-order valence-electron chi connectivity index (χ3n) is 5.02. The third-order valence-corrected chi connectivity index (χ3v) is 6.04. The van der Waals surface area contributed by atoms with Crippen LogP contribution in [0.2, 0.25) is 0 Å². The molecule has 2 N–H and O–H groups in total. The van der Waals surface area contributed by atoms with Gasteiger partial charge in [0.1, 0.15) is 5.60 Å². The number of ether oxygens (including phenoxy) is 1. The van der Waals surface area contributed by atoms with Crippen LogP contribution in [0.3, 0.4) is 0 Å². The number of thiophene rings is 1. The molecule has 1 saturated heterocycles.